The summed E-state index contributed by atoms with van der Waals surface area (Å²) in [5.41, 5.74) is 0.944. The normalized spacial score (nSPS) is 30.7. The average molecular weight is 332 g/mol. The van der Waals surface area contributed by atoms with Crippen LogP contribution in [0.15, 0.2) is 15.2 Å². The molecular formula is C14H22BrNOS. The molecule has 1 heterocycles. The van der Waals surface area contributed by atoms with E-state index in [9.17, 15) is 5.11 Å². The SMILES string of the molecule is CC1CCC(C(O)c2cscc2Br)(N(C)C)CC1. The first-order chi connectivity index (χ1) is 8.47. The summed E-state index contributed by atoms with van der Waals surface area (Å²) in [5, 5.41) is 15.0. The second kappa shape index (κ2) is 5.61. The fraction of sp³-hybridized carbons (Fsp3) is 0.714. The van der Waals surface area contributed by atoms with Crippen LogP contribution in [0.5, 0.6) is 0 Å². The largest absolute Gasteiger partial charge is 0.386 e. The third-order valence-electron chi connectivity index (χ3n) is 4.48. The van der Waals surface area contributed by atoms with E-state index in [0.717, 1.165) is 28.8 Å². The molecule has 0 aromatic carbocycles. The number of aliphatic hydroxyl groups is 1. The van der Waals surface area contributed by atoms with Gasteiger partial charge in [-0.1, -0.05) is 6.92 Å². The Labute approximate surface area is 122 Å². The number of hydrogen-bond donors (Lipinski definition) is 1. The van der Waals surface area contributed by atoms with E-state index in [-0.39, 0.29) is 5.54 Å². The van der Waals surface area contributed by atoms with Crippen molar-refractivity contribution in [3.8, 4) is 0 Å². The second-order valence-corrected chi connectivity index (χ2v) is 7.36. The van der Waals surface area contributed by atoms with Gasteiger partial charge < -0.3 is 10.0 Å². The molecule has 0 saturated heterocycles. The van der Waals surface area contributed by atoms with Crippen molar-refractivity contribution >= 4 is 27.3 Å². The highest BCUT2D eigenvalue weighted by atomic mass is 79.9. The van der Waals surface area contributed by atoms with Crippen molar-refractivity contribution in [3.63, 3.8) is 0 Å². The van der Waals surface area contributed by atoms with Crippen molar-refractivity contribution in [1.29, 1.82) is 0 Å². The summed E-state index contributed by atoms with van der Waals surface area (Å²) in [6.45, 7) is 2.31. The first-order valence-corrected chi connectivity index (χ1v) is 8.28. The summed E-state index contributed by atoms with van der Waals surface area (Å²) >= 11 is 5.19. The van der Waals surface area contributed by atoms with Gasteiger partial charge in [0.25, 0.3) is 0 Å². The predicted octanol–water partition coefficient (Wildman–Crippen LogP) is 4.05. The van der Waals surface area contributed by atoms with Crippen LogP contribution in [-0.2, 0) is 0 Å². The maximum absolute atomic E-state index is 10.9. The molecule has 0 amide bonds. The van der Waals surface area contributed by atoms with Crippen molar-refractivity contribution in [2.24, 2.45) is 5.92 Å². The van der Waals surface area contributed by atoms with Crippen molar-refractivity contribution in [3.05, 3.63) is 20.8 Å². The van der Waals surface area contributed by atoms with Gasteiger partial charge in [0.2, 0.25) is 0 Å². The Morgan fingerprint density at radius 2 is 2.00 bits per heavy atom. The minimum Gasteiger partial charge on any atom is -0.386 e. The first-order valence-electron chi connectivity index (χ1n) is 6.54. The van der Waals surface area contributed by atoms with Gasteiger partial charge in [0, 0.05) is 15.4 Å². The van der Waals surface area contributed by atoms with Crippen LogP contribution < -0.4 is 0 Å². The lowest BCUT2D eigenvalue weighted by Gasteiger charge is -2.47. The Bertz CT molecular complexity index is 396. The summed E-state index contributed by atoms with van der Waals surface area (Å²) in [6, 6.07) is 0. The quantitative estimate of drug-likeness (QED) is 0.902. The standard InChI is InChI=1S/C14H22BrNOS/c1-10-4-6-14(7-5-10,16(2)3)13(17)11-8-18-9-12(11)15/h8-10,13,17H,4-7H2,1-3H3. The number of hydrogen-bond acceptors (Lipinski definition) is 3. The van der Waals surface area contributed by atoms with Gasteiger partial charge in [-0.05, 0) is 67.0 Å². The smallest absolute Gasteiger partial charge is 0.0992 e. The summed E-state index contributed by atoms with van der Waals surface area (Å²) in [4.78, 5) is 2.23. The number of halogens is 1. The third-order valence-corrected chi connectivity index (χ3v) is 6.23. The minimum atomic E-state index is -0.402. The van der Waals surface area contributed by atoms with Crippen molar-refractivity contribution < 1.29 is 5.11 Å². The van der Waals surface area contributed by atoms with Crippen molar-refractivity contribution in [2.45, 2.75) is 44.2 Å². The molecule has 0 spiro atoms. The zero-order valence-corrected chi connectivity index (χ0v) is 13.7. The summed E-state index contributed by atoms with van der Waals surface area (Å²) in [7, 11) is 4.19. The van der Waals surface area contributed by atoms with E-state index in [0.29, 0.717) is 0 Å². The average Bonchev–Trinajstić information content (AvgIpc) is 2.75. The van der Waals surface area contributed by atoms with Crippen molar-refractivity contribution in [2.75, 3.05) is 14.1 Å². The Morgan fingerprint density at radius 1 is 1.39 bits per heavy atom. The van der Waals surface area contributed by atoms with E-state index in [1.165, 1.54) is 12.8 Å². The van der Waals surface area contributed by atoms with E-state index < -0.39 is 6.10 Å². The molecule has 1 aliphatic rings. The molecule has 1 N–H and O–H groups in total. The monoisotopic (exact) mass is 331 g/mol. The molecule has 18 heavy (non-hydrogen) atoms. The van der Waals surface area contributed by atoms with Crippen LogP contribution in [0.4, 0.5) is 0 Å². The van der Waals surface area contributed by atoms with Crippen molar-refractivity contribution in [1.82, 2.24) is 4.90 Å². The Balaban J connectivity index is 2.28. The van der Waals surface area contributed by atoms with E-state index in [1.54, 1.807) is 11.3 Å². The second-order valence-electron chi connectivity index (χ2n) is 5.76. The molecule has 0 aliphatic heterocycles. The molecule has 2 rings (SSSR count). The zero-order chi connectivity index (χ0) is 13.3. The number of nitrogens with zero attached hydrogens (tertiary/aromatic N) is 1. The van der Waals surface area contributed by atoms with E-state index in [4.69, 9.17) is 0 Å². The number of rotatable bonds is 3. The Morgan fingerprint density at radius 3 is 2.44 bits per heavy atom. The Kier molecular flexibility index (Phi) is 4.52. The van der Waals surface area contributed by atoms with Gasteiger partial charge in [-0.2, -0.15) is 11.3 Å². The van der Waals surface area contributed by atoms with Gasteiger partial charge in [0.15, 0.2) is 0 Å². The van der Waals surface area contributed by atoms with Crippen LogP contribution in [0.3, 0.4) is 0 Å². The van der Waals surface area contributed by atoms with E-state index in [2.05, 4.69) is 47.2 Å². The maximum atomic E-state index is 10.9. The van der Waals surface area contributed by atoms with Gasteiger partial charge >= 0.3 is 0 Å². The highest BCUT2D eigenvalue weighted by Crippen LogP contribution is 2.45. The van der Waals surface area contributed by atoms with Gasteiger partial charge in [0.1, 0.15) is 0 Å². The summed E-state index contributed by atoms with van der Waals surface area (Å²) < 4.78 is 1.04. The molecule has 2 nitrogen and oxygen atoms in total. The van der Waals surface area contributed by atoms with Gasteiger partial charge in [-0.25, -0.2) is 0 Å². The van der Waals surface area contributed by atoms with Gasteiger partial charge in [-0.3, -0.25) is 0 Å². The molecule has 0 bridgehead atoms. The van der Waals surface area contributed by atoms with E-state index in [1.807, 2.05) is 5.38 Å². The number of thiophene rings is 1. The number of aliphatic hydroxyl groups excluding tert-OH is 1. The fourth-order valence-electron chi connectivity index (χ4n) is 3.00. The molecule has 1 fully saturated rings. The molecule has 1 unspecified atom stereocenters. The Hall–Kier alpha value is 0.1000. The predicted molar refractivity (Wildman–Crippen MR) is 81.0 cm³/mol. The summed E-state index contributed by atoms with van der Waals surface area (Å²) in [6.07, 6.45) is 4.16. The lowest BCUT2D eigenvalue weighted by Crippen LogP contribution is -2.51. The van der Waals surface area contributed by atoms with Crippen LogP contribution >= 0.6 is 27.3 Å². The van der Waals surface area contributed by atoms with Gasteiger partial charge in [-0.15, -0.1) is 0 Å². The molecular weight excluding hydrogens is 310 g/mol. The molecule has 1 aromatic rings. The molecule has 1 saturated carbocycles. The molecule has 102 valence electrons. The fourth-order valence-corrected chi connectivity index (χ4v) is 4.54. The molecule has 0 radical (unpaired) electrons. The topological polar surface area (TPSA) is 23.5 Å². The maximum Gasteiger partial charge on any atom is 0.0992 e. The minimum absolute atomic E-state index is 0.101. The lowest BCUT2D eigenvalue weighted by atomic mass is 9.72. The molecule has 1 aliphatic carbocycles. The van der Waals surface area contributed by atoms with E-state index >= 15 is 0 Å². The van der Waals surface area contributed by atoms with Crippen LogP contribution in [0.25, 0.3) is 0 Å². The van der Waals surface area contributed by atoms with Crippen LogP contribution in [0.2, 0.25) is 0 Å². The summed E-state index contributed by atoms with van der Waals surface area (Å²) in [5.74, 6) is 0.788. The molecule has 4 heteroatoms. The highest BCUT2D eigenvalue weighted by Gasteiger charge is 2.43. The van der Waals surface area contributed by atoms with Crippen LogP contribution in [0.1, 0.15) is 44.3 Å². The molecule has 1 aromatic heterocycles. The van der Waals surface area contributed by atoms with Gasteiger partial charge in [0.05, 0.1) is 11.6 Å². The highest BCUT2D eigenvalue weighted by molar-refractivity contribution is 9.10. The first kappa shape index (κ1) is 14.5. The lowest BCUT2D eigenvalue weighted by molar-refractivity contribution is -0.0409. The zero-order valence-electron chi connectivity index (χ0n) is 11.3. The molecule has 1 atom stereocenters. The van der Waals surface area contributed by atoms with Crippen LogP contribution in [-0.4, -0.2) is 29.6 Å². The van der Waals surface area contributed by atoms with Crippen LogP contribution in [0, 0.1) is 5.92 Å². The third kappa shape index (κ3) is 2.53. The number of likely N-dealkylation sites (N-methyl/N-ethyl adjacent to an activating group) is 1.